The normalized spacial score (nSPS) is 13.7. The Balaban J connectivity index is 2.09. The second-order valence-electron chi connectivity index (χ2n) is 14.3. The Morgan fingerprint density at radius 3 is 1.77 bits per heavy atom. The molecule has 2 aromatic carbocycles. The van der Waals surface area contributed by atoms with Crippen LogP contribution in [-0.2, 0) is 44.5 Å². The zero-order valence-corrected chi connectivity index (χ0v) is 30.1. The van der Waals surface area contributed by atoms with Crippen LogP contribution in [0.3, 0.4) is 0 Å². The lowest BCUT2D eigenvalue weighted by Crippen LogP contribution is -2.46. The molecule has 262 valence electrons. The zero-order valence-electron chi connectivity index (χ0n) is 29.3. The van der Waals surface area contributed by atoms with Crippen LogP contribution in [0.25, 0.3) is 0 Å². The highest BCUT2D eigenvalue weighted by Gasteiger charge is 2.32. The third-order valence-corrected chi connectivity index (χ3v) is 7.56. The van der Waals surface area contributed by atoms with Gasteiger partial charge in [0.25, 0.3) is 10.1 Å². The second-order valence-corrected chi connectivity index (χ2v) is 15.9. The van der Waals surface area contributed by atoms with E-state index in [1.807, 2.05) is 6.92 Å². The summed E-state index contributed by atoms with van der Waals surface area (Å²) < 4.78 is 52.1. The molecule has 2 atom stereocenters. The summed E-state index contributed by atoms with van der Waals surface area (Å²) in [5, 5.41) is 2.60. The van der Waals surface area contributed by atoms with Crippen molar-refractivity contribution < 1.29 is 45.9 Å². The quantitative estimate of drug-likeness (QED) is 0.105. The number of carbonyl (C=O) groups excluding carboxylic acids is 3. The molecule has 0 radical (unpaired) electrons. The van der Waals surface area contributed by atoms with E-state index in [1.54, 1.807) is 98.7 Å². The molecule has 0 aliphatic rings. The summed E-state index contributed by atoms with van der Waals surface area (Å²) in [5.41, 5.74) is -0.556. The van der Waals surface area contributed by atoms with E-state index in [0.717, 1.165) is 11.1 Å². The molecule has 0 aromatic heterocycles. The van der Waals surface area contributed by atoms with Crippen molar-refractivity contribution in [3.63, 3.8) is 0 Å². The molecule has 0 bridgehead atoms. The van der Waals surface area contributed by atoms with Crippen LogP contribution in [0.1, 0.15) is 86.3 Å². The van der Waals surface area contributed by atoms with Crippen LogP contribution < -0.4 is 10.1 Å². The fourth-order valence-electron chi connectivity index (χ4n) is 4.21. The molecule has 2 rings (SSSR count). The zero-order chi connectivity index (χ0) is 35.6. The number of esters is 2. The molecule has 1 N–H and O–H groups in total. The number of hydrogen-bond acceptors (Lipinski definition) is 10. The Morgan fingerprint density at radius 2 is 1.23 bits per heavy atom. The first-order valence-corrected chi connectivity index (χ1v) is 17.1. The number of carbonyl (C=O) groups is 3. The maximum absolute atomic E-state index is 13.3. The van der Waals surface area contributed by atoms with E-state index in [4.69, 9.17) is 23.1 Å². The molecule has 0 aliphatic heterocycles. The van der Waals surface area contributed by atoms with Gasteiger partial charge >= 0.3 is 18.0 Å². The van der Waals surface area contributed by atoms with Crippen molar-refractivity contribution in [2.24, 2.45) is 5.92 Å². The molecule has 2 aromatic rings. The molecule has 11 nitrogen and oxygen atoms in total. The van der Waals surface area contributed by atoms with Crippen molar-refractivity contribution in [3.05, 3.63) is 59.7 Å². The van der Waals surface area contributed by atoms with Gasteiger partial charge in [0.1, 0.15) is 41.8 Å². The van der Waals surface area contributed by atoms with E-state index in [-0.39, 0.29) is 31.0 Å². The SMILES string of the molecule is Cc1ccc(S(=O)(=O)OCCOc2ccc(CC(CC[C@@H](NC(=O)OC(C)(C)C)C(=O)OC(C)(C)C)C(=O)OC(C)(C)C)cc2)cc1. The van der Waals surface area contributed by atoms with Crippen molar-refractivity contribution in [1.82, 2.24) is 5.32 Å². The van der Waals surface area contributed by atoms with Gasteiger partial charge in [-0.2, -0.15) is 8.42 Å². The van der Waals surface area contributed by atoms with Crippen molar-refractivity contribution in [2.75, 3.05) is 13.2 Å². The number of aryl methyl sites for hydroxylation is 1. The first-order chi connectivity index (χ1) is 21.5. The number of hydrogen-bond donors (Lipinski definition) is 1. The van der Waals surface area contributed by atoms with Gasteiger partial charge in [-0.1, -0.05) is 29.8 Å². The molecule has 0 heterocycles. The van der Waals surface area contributed by atoms with E-state index < -0.39 is 56.9 Å². The van der Waals surface area contributed by atoms with Gasteiger partial charge in [-0.15, -0.1) is 0 Å². The molecule has 1 unspecified atom stereocenters. The van der Waals surface area contributed by atoms with E-state index >= 15 is 0 Å². The summed E-state index contributed by atoms with van der Waals surface area (Å²) in [6.45, 7) is 17.4. The van der Waals surface area contributed by atoms with Crippen LogP contribution in [0.2, 0.25) is 0 Å². The predicted molar refractivity (Wildman–Crippen MR) is 178 cm³/mol. The Hall–Kier alpha value is -3.64. The van der Waals surface area contributed by atoms with Gasteiger partial charge < -0.3 is 24.3 Å². The maximum atomic E-state index is 13.3. The highest BCUT2D eigenvalue weighted by Crippen LogP contribution is 2.24. The fourth-order valence-corrected chi connectivity index (χ4v) is 5.10. The minimum Gasteiger partial charge on any atom is -0.491 e. The second kappa shape index (κ2) is 16.5. The third kappa shape index (κ3) is 15.7. The van der Waals surface area contributed by atoms with Crippen molar-refractivity contribution >= 4 is 28.1 Å². The standard InChI is InChI=1S/C35H51NO10S/c1-24-11-18-28(19-12-24)47(40,41)43-22-21-42-27-16-13-25(14-17-27)23-26(30(37)44-33(2,3)4)15-20-29(31(38)45-34(5,6)7)36-32(39)46-35(8,9)10/h11-14,16-19,26,29H,15,20-23H2,1-10H3,(H,36,39)/t26?,29-/m1/s1. The molecule has 1 amide bonds. The number of benzene rings is 2. The lowest BCUT2D eigenvalue weighted by Gasteiger charge is -2.28. The number of alkyl carbamates (subject to hydrolysis) is 1. The molecule has 47 heavy (non-hydrogen) atoms. The monoisotopic (exact) mass is 677 g/mol. The van der Waals surface area contributed by atoms with Crippen LogP contribution >= 0.6 is 0 Å². The summed E-state index contributed by atoms with van der Waals surface area (Å²) in [6.07, 6.45) is -0.165. The summed E-state index contributed by atoms with van der Waals surface area (Å²) in [6, 6.07) is 12.3. The van der Waals surface area contributed by atoms with Crippen molar-refractivity contribution in [1.29, 1.82) is 0 Å². The average molecular weight is 678 g/mol. The lowest BCUT2D eigenvalue weighted by atomic mass is 9.92. The smallest absolute Gasteiger partial charge is 0.408 e. The lowest BCUT2D eigenvalue weighted by molar-refractivity contribution is -0.162. The number of rotatable bonds is 14. The molecular formula is C35H51NO10S. The van der Waals surface area contributed by atoms with E-state index in [1.165, 1.54) is 12.1 Å². The minimum atomic E-state index is -3.90. The molecular weight excluding hydrogens is 626 g/mol. The van der Waals surface area contributed by atoms with Crippen molar-refractivity contribution in [2.45, 2.75) is 116 Å². The molecule has 0 aliphatic carbocycles. The largest absolute Gasteiger partial charge is 0.491 e. The number of amides is 1. The van der Waals surface area contributed by atoms with Crippen LogP contribution in [0.4, 0.5) is 4.79 Å². The maximum Gasteiger partial charge on any atom is 0.408 e. The highest BCUT2D eigenvalue weighted by molar-refractivity contribution is 7.86. The van der Waals surface area contributed by atoms with Crippen LogP contribution in [-0.4, -0.2) is 62.5 Å². The summed E-state index contributed by atoms with van der Waals surface area (Å²) >= 11 is 0. The molecule has 0 fully saturated rings. The first kappa shape index (κ1) is 39.5. The number of nitrogens with one attached hydrogen (secondary N) is 1. The Morgan fingerprint density at radius 1 is 0.702 bits per heavy atom. The molecule has 12 heteroatoms. The third-order valence-electron chi connectivity index (χ3n) is 6.23. The van der Waals surface area contributed by atoms with Crippen LogP contribution in [0, 0.1) is 12.8 Å². The van der Waals surface area contributed by atoms with E-state index in [9.17, 15) is 22.8 Å². The fraction of sp³-hybridized carbons (Fsp3) is 0.571. The summed E-state index contributed by atoms with van der Waals surface area (Å²) in [7, 11) is -3.90. The Bertz CT molecular complexity index is 1430. The molecule has 0 saturated heterocycles. The van der Waals surface area contributed by atoms with Gasteiger partial charge in [-0.25, -0.2) is 9.59 Å². The van der Waals surface area contributed by atoms with Crippen LogP contribution in [0.15, 0.2) is 53.4 Å². The Labute approximate surface area is 279 Å². The minimum absolute atomic E-state index is 0.00166. The van der Waals surface area contributed by atoms with Gasteiger partial charge in [-0.05, 0) is 118 Å². The van der Waals surface area contributed by atoms with Crippen LogP contribution in [0.5, 0.6) is 5.75 Å². The van der Waals surface area contributed by atoms with Gasteiger partial charge in [0.05, 0.1) is 10.8 Å². The molecule has 0 spiro atoms. The number of ether oxygens (including phenoxy) is 4. The van der Waals surface area contributed by atoms with Gasteiger partial charge in [0.15, 0.2) is 0 Å². The Kier molecular flexibility index (Phi) is 13.8. The highest BCUT2D eigenvalue weighted by atomic mass is 32.2. The van der Waals surface area contributed by atoms with Crippen molar-refractivity contribution in [3.8, 4) is 5.75 Å². The predicted octanol–water partition coefficient (Wildman–Crippen LogP) is 6.29. The van der Waals surface area contributed by atoms with E-state index in [0.29, 0.717) is 12.2 Å². The first-order valence-electron chi connectivity index (χ1n) is 15.7. The summed E-state index contributed by atoms with van der Waals surface area (Å²) in [5.74, 6) is -1.23. The molecule has 0 saturated carbocycles. The van der Waals surface area contributed by atoms with Gasteiger partial charge in [0, 0.05) is 0 Å². The van der Waals surface area contributed by atoms with Gasteiger partial charge in [-0.3, -0.25) is 8.98 Å². The summed E-state index contributed by atoms with van der Waals surface area (Å²) in [4.78, 5) is 39.0. The topological polar surface area (TPSA) is 144 Å². The van der Waals surface area contributed by atoms with E-state index in [2.05, 4.69) is 5.32 Å². The average Bonchev–Trinajstić information content (AvgIpc) is 2.90. The van der Waals surface area contributed by atoms with Gasteiger partial charge in [0.2, 0.25) is 0 Å².